The fourth-order valence-electron chi connectivity index (χ4n) is 2.39. The second-order valence-electron chi connectivity index (χ2n) is 7.72. The molecule has 0 aliphatic heterocycles. The first kappa shape index (κ1) is 21.9. The number of ketones is 1. The van der Waals surface area contributed by atoms with Gasteiger partial charge in [-0.15, -0.1) is 5.10 Å². The molecule has 7 nitrogen and oxygen atoms in total. The van der Waals surface area contributed by atoms with Crippen LogP contribution in [-0.2, 0) is 11.3 Å². The third kappa shape index (κ3) is 5.58. The van der Waals surface area contributed by atoms with Crippen LogP contribution in [-0.4, -0.2) is 31.7 Å². The molecule has 1 aromatic carbocycles. The number of Topliss-reactive ketones (excluding diaryl/α,β-unsaturated/α-hetero) is 1. The Kier molecular flexibility index (Phi) is 7.23. The highest BCUT2D eigenvalue weighted by Gasteiger charge is 2.22. The molecule has 0 radical (unpaired) electrons. The molecule has 1 atom stereocenters. The standard InChI is InChI=1S/C20H28N4O3S/c1-6-7-12-24-18(27)22-23-19(24)28-13(2)16(25)14-8-10-15(11-9-14)21-17(26)20(3,4)5/h8-11,13H,6-7,12H2,1-5H3,(H,21,26)(H,22,27). The maximum absolute atomic E-state index is 12.7. The minimum atomic E-state index is -0.489. The molecule has 0 spiro atoms. The van der Waals surface area contributed by atoms with Crippen molar-refractivity contribution in [1.82, 2.24) is 14.8 Å². The van der Waals surface area contributed by atoms with Crippen molar-refractivity contribution in [2.24, 2.45) is 5.41 Å². The molecule has 2 N–H and O–H groups in total. The molecule has 2 rings (SSSR count). The van der Waals surface area contributed by atoms with Gasteiger partial charge in [0.1, 0.15) is 0 Å². The molecule has 0 saturated carbocycles. The largest absolute Gasteiger partial charge is 0.343 e. The Labute approximate surface area is 169 Å². The first-order valence-electron chi connectivity index (χ1n) is 9.41. The van der Waals surface area contributed by atoms with E-state index in [1.807, 2.05) is 20.8 Å². The molecular weight excluding hydrogens is 376 g/mol. The number of carbonyl (C=O) groups excluding carboxylic acids is 2. The number of aromatic nitrogens is 3. The number of hydrogen-bond acceptors (Lipinski definition) is 5. The molecule has 1 heterocycles. The number of hydrogen-bond donors (Lipinski definition) is 2. The SMILES string of the molecule is CCCCn1c(SC(C)C(=O)c2ccc(NC(=O)C(C)(C)C)cc2)n[nH]c1=O. The van der Waals surface area contributed by atoms with Crippen LogP contribution < -0.4 is 11.0 Å². The smallest absolute Gasteiger partial charge is 0.326 e. The van der Waals surface area contributed by atoms with Crippen LogP contribution in [0.1, 0.15) is 57.8 Å². The number of unbranched alkanes of at least 4 members (excludes halogenated alkanes) is 1. The van der Waals surface area contributed by atoms with Gasteiger partial charge >= 0.3 is 5.69 Å². The van der Waals surface area contributed by atoms with Gasteiger partial charge in [0, 0.05) is 23.2 Å². The minimum absolute atomic E-state index is 0.0591. The van der Waals surface area contributed by atoms with Crippen LogP contribution in [0.5, 0.6) is 0 Å². The van der Waals surface area contributed by atoms with Gasteiger partial charge in [-0.1, -0.05) is 45.9 Å². The Hall–Kier alpha value is -2.35. The van der Waals surface area contributed by atoms with Crippen LogP contribution in [0.2, 0.25) is 0 Å². The highest BCUT2D eigenvalue weighted by Crippen LogP contribution is 2.24. The summed E-state index contributed by atoms with van der Waals surface area (Å²) >= 11 is 1.26. The summed E-state index contributed by atoms with van der Waals surface area (Å²) in [5, 5.41) is 9.46. The number of H-pyrrole nitrogens is 1. The van der Waals surface area contributed by atoms with E-state index in [1.165, 1.54) is 11.8 Å². The zero-order valence-corrected chi connectivity index (χ0v) is 17.9. The number of anilines is 1. The molecule has 8 heteroatoms. The second kappa shape index (κ2) is 9.23. The molecule has 0 aliphatic carbocycles. The van der Waals surface area contributed by atoms with Gasteiger partial charge in [-0.25, -0.2) is 9.89 Å². The fraction of sp³-hybridized carbons (Fsp3) is 0.500. The lowest BCUT2D eigenvalue weighted by atomic mass is 9.95. The molecule has 0 aliphatic rings. The predicted octanol–water partition coefficient (Wildman–Crippen LogP) is 3.72. The van der Waals surface area contributed by atoms with E-state index in [2.05, 4.69) is 22.4 Å². The van der Waals surface area contributed by atoms with E-state index in [1.54, 1.807) is 35.8 Å². The third-order valence-corrected chi connectivity index (χ3v) is 5.31. The number of carbonyl (C=O) groups is 2. The number of amides is 1. The molecule has 0 saturated heterocycles. The molecule has 0 fully saturated rings. The lowest BCUT2D eigenvalue weighted by Crippen LogP contribution is -2.27. The van der Waals surface area contributed by atoms with Crippen molar-refractivity contribution in [2.75, 3.05) is 5.32 Å². The Morgan fingerprint density at radius 2 is 1.89 bits per heavy atom. The van der Waals surface area contributed by atoms with E-state index < -0.39 is 10.7 Å². The van der Waals surface area contributed by atoms with E-state index in [0.29, 0.717) is 23.0 Å². The average Bonchev–Trinajstić information content (AvgIpc) is 2.98. The summed E-state index contributed by atoms with van der Waals surface area (Å²) < 4.78 is 1.57. The van der Waals surface area contributed by atoms with Crippen molar-refractivity contribution >= 4 is 29.1 Å². The first-order valence-corrected chi connectivity index (χ1v) is 10.3. The van der Waals surface area contributed by atoms with Gasteiger partial charge in [-0.2, -0.15) is 0 Å². The second-order valence-corrected chi connectivity index (χ2v) is 9.03. The van der Waals surface area contributed by atoms with Crippen LogP contribution >= 0.6 is 11.8 Å². The Balaban J connectivity index is 2.06. The number of nitrogens with zero attached hydrogens (tertiary/aromatic N) is 2. The minimum Gasteiger partial charge on any atom is -0.326 e. The van der Waals surface area contributed by atoms with E-state index in [-0.39, 0.29) is 17.4 Å². The van der Waals surface area contributed by atoms with Gasteiger partial charge in [-0.3, -0.25) is 14.2 Å². The summed E-state index contributed by atoms with van der Waals surface area (Å²) in [7, 11) is 0. The number of rotatable bonds is 8. The van der Waals surface area contributed by atoms with E-state index in [4.69, 9.17) is 0 Å². The third-order valence-electron chi connectivity index (χ3n) is 4.22. The summed E-state index contributed by atoms with van der Waals surface area (Å²) in [6.07, 6.45) is 1.84. The van der Waals surface area contributed by atoms with Gasteiger partial charge in [0.2, 0.25) is 5.91 Å². The van der Waals surface area contributed by atoms with Gasteiger partial charge < -0.3 is 5.32 Å². The highest BCUT2D eigenvalue weighted by molar-refractivity contribution is 8.00. The topological polar surface area (TPSA) is 96.8 Å². The van der Waals surface area contributed by atoms with Gasteiger partial charge in [0.05, 0.1) is 5.25 Å². The molecule has 0 bridgehead atoms. The van der Waals surface area contributed by atoms with Crippen LogP contribution in [0.25, 0.3) is 0 Å². The maximum atomic E-state index is 12.7. The van der Waals surface area contributed by atoms with Crippen LogP contribution in [0, 0.1) is 5.41 Å². The lowest BCUT2D eigenvalue weighted by molar-refractivity contribution is -0.123. The molecule has 1 aromatic heterocycles. The van der Waals surface area contributed by atoms with Gasteiger partial charge in [0.15, 0.2) is 10.9 Å². The molecule has 152 valence electrons. The van der Waals surface area contributed by atoms with Crippen molar-refractivity contribution in [3.63, 3.8) is 0 Å². The molecular formula is C20H28N4O3S. The van der Waals surface area contributed by atoms with Crippen LogP contribution in [0.3, 0.4) is 0 Å². The zero-order chi connectivity index (χ0) is 20.9. The molecule has 2 aromatic rings. The van der Waals surface area contributed by atoms with Crippen molar-refractivity contribution < 1.29 is 9.59 Å². The first-order chi connectivity index (χ1) is 13.1. The Bertz CT molecular complexity index is 878. The molecule has 28 heavy (non-hydrogen) atoms. The summed E-state index contributed by atoms with van der Waals surface area (Å²) in [6, 6.07) is 6.85. The van der Waals surface area contributed by atoms with Crippen LogP contribution in [0.15, 0.2) is 34.2 Å². The normalized spacial score (nSPS) is 12.6. The van der Waals surface area contributed by atoms with Crippen molar-refractivity contribution in [2.45, 2.75) is 64.4 Å². The highest BCUT2D eigenvalue weighted by atomic mass is 32.2. The van der Waals surface area contributed by atoms with E-state index in [0.717, 1.165) is 12.8 Å². The lowest BCUT2D eigenvalue weighted by Gasteiger charge is -2.17. The monoisotopic (exact) mass is 404 g/mol. The number of benzene rings is 1. The van der Waals surface area contributed by atoms with E-state index in [9.17, 15) is 14.4 Å². The van der Waals surface area contributed by atoms with Crippen molar-refractivity contribution in [3.05, 3.63) is 40.3 Å². The van der Waals surface area contributed by atoms with E-state index >= 15 is 0 Å². The number of nitrogens with one attached hydrogen (secondary N) is 2. The Morgan fingerprint density at radius 1 is 1.25 bits per heavy atom. The zero-order valence-electron chi connectivity index (χ0n) is 17.0. The quantitative estimate of drug-likeness (QED) is 0.516. The number of thioether (sulfide) groups is 1. The summed E-state index contributed by atoms with van der Waals surface area (Å²) in [5.41, 5.74) is 0.454. The fourth-order valence-corrected chi connectivity index (χ4v) is 3.35. The average molecular weight is 405 g/mol. The Morgan fingerprint density at radius 3 is 2.46 bits per heavy atom. The van der Waals surface area contributed by atoms with Crippen LogP contribution in [0.4, 0.5) is 5.69 Å². The van der Waals surface area contributed by atoms with Crippen molar-refractivity contribution in [3.8, 4) is 0 Å². The summed E-state index contributed by atoms with van der Waals surface area (Å²) in [6.45, 7) is 9.96. The maximum Gasteiger partial charge on any atom is 0.343 e. The van der Waals surface area contributed by atoms with Crippen molar-refractivity contribution in [1.29, 1.82) is 0 Å². The predicted molar refractivity (Wildman–Crippen MR) is 112 cm³/mol. The molecule has 1 unspecified atom stereocenters. The van der Waals surface area contributed by atoms with Gasteiger partial charge in [0.25, 0.3) is 0 Å². The number of aromatic amines is 1. The summed E-state index contributed by atoms with van der Waals surface area (Å²) in [4.78, 5) is 36.7. The summed E-state index contributed by atoms with van der Waals surface area (Å²) in [5.74, 6) is -0.143. The molecule has 1 amide bonds. The van der Waals surface area contributed by atoms with Gasteiger partial charge in [-0.05, 0) is 37.6 Å².